The Morgan fingerprint density at radius 2 is 2.00 bits per heavy atom. The van der Waals surface area contributed by atoms with E-state index < -0.39 is 0 Å². The molecule has 0 aliphatic carbocycles. The number of nitrogens with two attached hydrogens (primary N) is 1. The number of rotatable bonds is 4. The van der Waals surface area contributed by atoms with Crippen LogP contribution in [0.25, 0.3) is 0 Å². The van der Waals surface area contributed by atoms with E-state index in [0.717, 1.165) is 22.6 Å². The summed E-state index contributed by atoms with van der Waals surface area (Å²) in [4.78, 5) is 10.8. The van der Waals surface area contributed by atoms with Crippen LogP contribution in [0.5, 0.6) is 5.75 Å². The molecule has 1 amide bonds. The summed E-state index contributed by atoms with van der Waals surface area (Å²) in [5.41, 5.74) is 9.22. The summed E-state index contributed by atoms with van der Waals surface area (Å²) in [5, 5.41) is 3.00. The summed E-state index contributed by atoms with van der Waals surface area (Å²) in [6, 6.07) is 2.06. The Balaban J connectivity index is 3.15. The van der Waals surface area contributed by atoms with Crippen molar-refractivity contribution in [2.45, 2.75) is 20.8 Å². The van der Waals surface area contributed by atoms with Gasteiger partial charge in [-0.1, -0.05) is 6.07 Å². The molecule has 0 saturated heterocycles. The van der Waals surface area contributed by atoms with E-state index in [-0.39, 0.29) is 12.5 Å². The lowest BCUT2D eigenvalue weighted by Crippen LogP contribution is -2.22. The molecule has 0 spiro atoms. The van der Waals surface area contributed by atoms with Crippen LogP contribution in [0.15, 0.2) is 6.07 Å². The van der Waals surface area contributed by atoms with E-state index >= 15 is 0 Å². The van der Waals surface area contributed by atoms with Crippen molar-refractivity contribution in [3.63, 3.8) is 0 Å². The van der Waals surface area contributed by atoms with Crippen molar-refractivity contribution in [1.29, 1.82) is 0 Å². The van der Waals surface area contributed by atoms with Crippen LogP contribution in [0.1, 0.15) is 16.7 Å². The van der Waals surface area contributed by atoms with Gasteiger partial charge in [0.1, 0.15) is 5.75 Å². The van der Waals surface area contributed by atoms with E-state index in [4.69, 9.17) is 10.5 Å². The maximum absolute atomic E-state index is 10.8. The first kappa shape index (κ1) is 12.4. The fraction of sp³-hybridized carbons (Fsp3) is 0.417. The zero-order chi connectivity index (χ0) is 12.3. The quantitative estimate of drug-likeness (QED) is 0.811. The van der Waals surface area contributed by atoms with Crippen LogP contribution in [-0.2, 0) is 4.79 Å². The van der Waals surface area contributed by atoms with Gasteiger partial charge >= 0.3 is 0 Å². The zero-order valence-corrected chi connectivity index (χ0v) is 10.2. The van der Waals surface area contributed by atoms with Crippen molar-refractivity contribution in [2.75, 3.05) is 19.0 Å². The van der Waals surface area contributed by atoms with Crippen LogP contribution < -0.4 is 15.8 Å². The van der Waals surface area contributed by atoms with Gasteiger partial charge in [-0.2, -0.15) is 0 Å². The van der Waals surface area contributed by atoms with E-state index in [1.54, 1.807) is 7.11 Å². The van der Waals surface area contributed by atoms with Gasteiger partial charge in [0.15, 0.2) is 0 Å². The van der Waals surface area contributed by atoms with Gasteiger partial charge < -0.3 is 15.8 Å². The molecule has 0 aliphatic rings. The number of methoxy groups -OCH3 is 1. The minimum absolute atomic E-state index is 0.111. The Morgan fingerprint density at radius 3 is 2.50 bits per heavy atom. The fourth-order valence-electron chi connectivity index (χ4n) is 1.70. The Bertz CT molecular complexity index is 414. The van der Waals surface area contributed by atoms with E-state index in [0.29, 0.717) is 0 Å². The summed E-state index contributed by atoms with van der Waals surface area (Å²) in [6.45, 7) is 6.10. The first-order valence-electron chi connectivity index (χ1n) is 5.14. The molecule has 4 nitrogen and oxygen atoms in total. The van der Waals surface area contributed by atoms with Crippen molar-refractivity contribution >= 4 is 11.6 Å². The highest BCUT2D eigenvalue weighted by atomic mass is 16.5. The summed E-state index contributed by atoms with van der Waals surface area (Å²) in [5.74, 6) is 0.387. The molecule has 1 rings (SSSR count). The van der Waals surface area contributed by atoms with Gasteiger partial charge in [-0.3, -0.25) is 4.79 Å². The number of hydrogen-bond donors (Lipinski definition) is 2. The van der Waals surface area contributed by atoms with Gasteiger partial charge in [0.25, 0.3) is 0 Å². The average molecular weight is 222 g/mol. The van der Waals surface area contributed by atoms with Crippen molar-refractivity contribution in [3.05, 3.63) is 22.8 Å². The lowest BCUT2D eigenvalue weighted by atomic mass is 10.0. The monoisotopic (exact) mass is 222 g/mol. The zero-order valence-electron chi connectivity index (χ0n) is 10.2. The Labute approximate surface area is 95.8 Å². The Morgan fingerprint density at radius 1 is 1.38 bits per heavy atom. The van der Waals surface area contributed by atoms with E-state index in [1.165, 1.54) is 5.56 Å². The molecule has 88 valence electrons. The second kappa shape index (κ2) is 4.88. The predicted molar refractivity (Wildman–Crippen MR) is 64.9 cm³/mol. The lowest BCUT2D eigenvalue weighted by molar-refractivity contribution is -0.116. The molecular weight excluding hydrogens is 204 g/mol. The number of amides is 1. The molecule has 1 aromatic carbocycles. The molecule has 0 saturated carbocycles. The number of hydrogen-bond acceptors (Lipinski definition) is 3. The summed E-state index contributed by atoms with van der Waals surface area (Å²) < 4.78 is 5.36. The Hall–Kier alpha value is -1.71. The van der Waals surface area contributed by atoms with Crippen LogP contribution >= 0.6 is 0 Å². The van der Waals surface area contributed by atoms with E-state index in [2.05, 4.69) is 11.4 Å². The average Bonchev–Trinajstić information content (AvgIpc) is 2.21. The molecule has 0 atom stereocenters. The molecule has 1 aromatic rings. The van der Waals surface area contributed by atoms with Gasteiger partial charge in [0.2, 0.25) is 5.91 Å². The molecule has 0 aromatic heterocycles. The summed E-state index contributed by atoms with van der Waals surface area (Å²) in [7, 11) is 1.62. The minimum atomic E-state index is -0.389. The lowest BCUT2D eigenvalue weighted by Gasteiger charge is -2.17. The molecular formula is C12H18N2O2. The molecule has 0 heterocycles. The Kier molecular flexibility index (Phi) is 3.77. The molecule has 0 radical (unpaired) electrons. The topological polar surface area (TPSA) is 64.3 Å². The molecule has 0 bridgehead atoms. The van der Waals surface area contributed by atoms with Gasteiger partial charge in [-0.25, -0.2) is 0 Å². The SMILES string of the molecule is COc1c(C)c(C)cc(C)c1NCC(N)=O. The van der Waals surface area contributed by atoms with Crippen molar-refractivity contribution < 1.29 is 9.53 Å². The number of benzene rings is 1. The first-order chi connectivity index (χ1) is 7.47. The predicted octanol–water partition coefficient (Wildman–Crippen LogP) is 1.52. The molecule has 4 heteroatoms. The highest BCUT2D eigenvalue weighted by Gasteiger charge is 2.12. The molecule has 0 unspecified atom stereocenters. The number of aryl methyl sites for hydroxylation is 2. The second-order valence-electron chi connectivity index (χ2n) is 3.86. The van der Waals surface area contributed by atoms with Gasteiger partial charge in [-0.15, -0.1) is 0 Å². The van der Waals surface area contributed by atoms with E-state index in [1.807, 2.05) is 20.8 Å². The smallest absolute Gasteiger partial charge is 0.236 e. The highest BCUT2D eigenvalue weighted by Crippen LogP contribution is 2.33. The molecule has 0 aliphatic heterocycles. The van der Waals surface area contributed by atoms with Gasteiger partial charge in [0, 0.05) is 0 Å². The van der Waals surface area contributed by atoms with Crippen LogP contribution in [0.3, 0.4) is 0 Å². The van der Waals surface area contributed by atoms with Crippen molar-refractivity contribution in [1.82, 2.24) is 0 Å². The normalized spacial score (nSPS) is 10.0. The van der Waals surface area contributed by atoms with Crippen molar-refractivity contribution in [3.8, 4) is 5.75 Å². The number of primary amides is 1. The molecule has 0 fully saturated rings. The molecule has 16 heavy (non-hydrogen) atoms. The third-order valence-corrected chi connectivity index (χ3v) is 2.63. The van der Waals surface area contributed by atoms with Crippen LogP contribution in [0.2, 0.25) is 0 Å². The van der Waals surface area contributed by atoms with Gasteiger partial charge in [0.05, 0.1) is 19.3 Å². The van der Waals surface area contributed by atoms with E-state index in [9.17, 15) is 4.79 Å². The highest BCUT2D eigenvalue weighted by molar-refractivity contribution is 5.80. The number of nitrogens with one attached hydrogen (secondary N) is 1. The maximum atomic E-state index is 10.8. The first-order valence-corrected chi connectivity index (χ1v) is 5.14. The number of carbonyl (C=O) groups excluding carboxylic acids is 1. The number of carbonyl (C=O) groups is 1. The largest absolute Gasteiger partial charge is 0.494 e. The third kappa shape index (κ3) is 2.45. The number of ether oxygens (including phenoxy) is 1. The summed E-state index contributed by atoms with van der Waals surface area (Å²) >= 11 is 0. The maximum Gasteiger partial charge on any atom is 0.236 e. The number of anilines is 1. The third-order valence-electron chi connectivity index (χ3n) is 2.63. The van der Waals surface area contributed by atoms with Crippen molar-refractivity contribution in [2.24, 2.45) is 5.73 Å². The second-order valence-corrected chi connectivity index (χ2v) is 3.86. The molecule has 3 N–H and O–H groups in total. The summed E-state index contributed by atoms with van der Waals surface area (Å²) in [6.07, 6.45) is 0. The fourth-order valence-corrected chi connectivity index (χ4v) is 1.70. The van der Waals surface area contributed by atoms with Gasteiger partial charge in [-0.05, 0) is 37.5 Å². The van der Waals surface area contributed by atoms with Crippen LogP contribution in [0.4, 0.5) is 5.69 Å². The minimum Gasteiger partial charge on any atom is -0.494 e. The standard InChI is InChI=1S/C12H18N2O2/c1-7-5-8(2)11(14-6-10(13)15)12(16-4)9(7)3/h5,14H,6H2,1-4H3,(H2,13,15). The van der Waals surface area contributed by atoms with Crippen LogP contribution in [0, 0.1) is 20.8 Å². The van der Waals surface area contributed by atoms with Crippen LogP contribution in [-0.4, -0.2) is 19.6 Å².